The van der Waals surface area contributed by atoms with Gasteiger partial charge in [0.15, 0.2) is 0 Å². The zero-order valence-electron chi connectivity index (χ0n) is 12.5. The van der Waals surface area contributed by atoms with Crippen LogP contribution in [0.25, 0.3) is 0 Å². The Bertz CT molecular complexity index is 551. The predicted octanol–water partition coefficient (Wildman–Crippen LogP) is 3.76. The Labute approximate surface area is 121 Å². The highest BCUT2D eigenvalue weighted by Gasteiger charge is 2.15. The van der Waals surface area contributed by atoms with E-state index in [9.17, 15) is 0 Å². The molecule has 0 spiro atoms. The van der Waals surface area contributed by atoms with Crippen molar-refractivity contribution in [1.82, 2.24) is 5.32 Å². The molecular weight excluding hydrogens is 246 g/mol. The molecule has 106 valence electrons. The van der Waals surface area contributed by atoms with E-state index in [1.165, 1.54) is 16.7 Å². The molecule has 2 aromatic carbocycles. The molecule has 0 radical (unpaired) electrons. The van der Waals surface area contributed by atoms with Gasteiger partial charge in [-0.05, 0) is 42.6 Å². The molecule has 1 N–H and O–H groups in total. The molecule has 2 nitrogen and oxygen atoms in total. The number of likely N-dealkylation sites (N-methyl/N-ethyl adjacent to an activating group) is 1. The van der Waals surface area contributed by atoms with Gasteiger partial charge >= 0.3 is 0 Å². The van der Waals surface area contributed by atoms with Gasteiger partial charge in [-0.2, -0.15) is 0 Å². The second-order valence-electron chi connectivity index (χ2n) is 4.91. The van der Waals surface area contributed by atoms with Gasteiger partial charge in [-0.25, -0.2) is 0 Å². The van der Waals surface area contributed by atoms with Crippen molar-refractivity contribution >= 4 is 0 Å². The van der Waals surface area contributed by atoms with Crippen LogP contribution in [0.15, 0.2) is 48.5 Å². The second kappa shape index (κ2) is 7.11. The van der Waals surface area contributed by atoms with Gasteiger partial charge in [0, 0.05) is 6.04 Å². The minimum atomic E-state index is 0.308. The average molecular weight is 269 g/mol. The van der Waals surface area contributed by atoms with Crippen molar-refractivity contribution in [3.8, 4) is 5.75 Å². The Morgan fingerprint density at radius 1 is 1.00 bits per heavy atom. The van der Waals surface area contributed by atoms with Gasteiger partial charge in [0.25, 0.3) is 0 Å². The van der Waals surface area contributed by atoms with E-state index in [4.69, 9.17) is 4.74 Å². The summed E-state index contributed by atoms with van der Waals surface area (Å²) in [5.41, 5.74) is 4.02. The number of hydrogen-bond acceptors (Lipinski definition) is 2. The number of benzene rings is 2. The van der Waals surface area contributed by atoms with Crippen LogP contribution >= 0.6 is 0 Å². The van der Waals surface area contributed by atoms with Gasteiger partial charge in [-0.15, -0.1) is 0 Å². The van der Waals surface area contributed by atoms with Crippen LogP contribution in [0.4, 0.5) is 0 Å². The maximum Gasteiger partial charge on any atom is 0.122 e. The number of para-hydroxylation sites is 1. The van der Waals surface area contributed by atoms with Crippen molar-refractivity contribution in [2.75, 3.05) is 14.2 Å². The summed E-state index contributed by atoms with van der Waals surface area (Å²) in [4.78, 5) is 0. The Kier molecular flexibility index (Phi) is 5.19. The Morgan fingerprint density at radius 3 is 2.30 bits per heavy atom. The van der Waals surface area contributed by atoms with Crippen molar-refractivity contribution < 1.29 is 4.74 Å². The van der Waals surface area contributed by atoms with Crippen LogP contribution in [0, 0.1) is 0 Å². The van der Waals surface area contributed by atoms with E-state index < -0.39 is 0 Å². The molecule has 2 heteroatoms. The minimum Gasteiger partial charge on any atom is -0.496 e. The molecule has 0 aliphatic carbocycles. The molecule has 0 heterocycles. The van der Waals surface area contributed by atoms with Gasteiger partial charge in [-0.1, -0.05) is 49.4 Å². The quantitative estimate of drug-likeness (QED) is 0.862. The summed E-state index contributed by atoms with van der Waals surface area (Å²) in [6.07, 6.45) is 1.98. The average Bonchev–Trinajstić information content (AvgIpc) is 2.53. The normalized spacial score (nSPS) is 12.2. The lowest BCUT2D eigenvalue weighted by atomic mass is 9.93. The summed E-state index contributed by atoms with van der Waals surface area (Å²) in [5, 5.41) is 3.44. The SMILES string of the molecule is CCc1ccccc1C(Cc1ccccc1OC)NC. The Balaban J connectivity index is 2.29. The maximum absolute atomic E-state index is 5.46. The molecule has 0 bridgehead atoms. The van der Waals surface area contributed by atoms with E-state index in [0.717, 1.165) is 18.6 Å². The second-order valence-corrected chi connectivity index (χ2v) is 4.91. The van der Waals surface area contributed by atoms with Gasteiger partial charge < -0.3 is 10.1 Å². The van der Waals surface area contributed by atoms with E-state index in [2.05, 4.69) is 48.6 Å². The van der Waals surface area contributed by atoms with Crippen LogP contribution < -0.4 is 10.1 Å². The van der Waals surface area contributed by atoms with Crippen molar-refractivity contribution in [2.24, 2.45) is 0 Å². The topological polar surface area (TPSA) is 21.3 Å². The molecule has 0 aromatic heterocycles. The summed E-state index contributed by atoms with van der Waals surface area (Å²) in [7, 11) is 3.75. The third-order valence-corrected chi connectivity index (χ3v) is 3.78. The van der Waals surface area contributed by atoms with Crippen molar-refractivity contribution in [1.29, 1.82) is 0 Å². The molecule has 1 unspecified atom stereocenters. The van der Waals surface area contributed by atoms with Crippen LogP contribution in [0.2, 0.25) is 0 Å². The Hall–Kier alpha value is -1.80. The van der Waals surface area contributed by atoms with E-state index in [-0.39, 0.29) is 0 Å². The highest BCUT2D eigenvalue weighted by atomic mass is 16.5. The lowest BCUT2D eigenvalue weighted by molar-refractivity contribution is 0.406. The van der Waals surface area contributed by atoms with E-state index in [0.29, 0.717) is 6.04 Å². The van der Waals surface area contributed by atoms with Crippen LogP contribution in [0.1, 0.15) is 29.7 Å². The summed E-state index contributed by atoms with van der Waals surface area (Å²) in [6, 6.07) is 17.2. The first kappa shape index (κ1) is 14.6. The summed E-state index contributed by atoms with van der Waals surface area (Å²) in [5.74, 6) is 0.960. The largest absolute Gasteiger partial charge is 0.496 e. The number of hydrogen-bond donors (Lipinski definition) is 1. The van der Waals surface area contributed by atoms with Crippen molar-refractivity contribution in [3.05, 3.63) is 65.2 Å². The van der Waals surface area contributed by atoms with Gasteiger partial charge in [0.2, 0.25) is 0 Å². The number of methoxy groups -OCH3 is 1. The van der Waals surface area contributed by atoms with Crippen molar-refractivity contribution in [2.45, 2.75) is 25.8 Å². The van der Waals surface area contributed by atoms with Crippen LogP contribution in [0.5, 0.6) is 5.75 Å². The summed E-state index contributed by atoms with van der Waals surface area (Å²) < 4.78 is 5.46. The van der Waals surface area contributed by atoms with E-state index >= 15 is 0 Å². The highest BCUT2D eigenvalue weighted by molar-refractivity contribution is 5.37. The lowest BCUT2D eigenvalue weighted by Gasteiger charge is -2.21. The van der Waals surface area contributed by atoms with Crippen molar-refractivity contribution in [3.63, 3.8) is 0 Å². The molecule has 0 saturated heterocycles. The Morgan fingerprint density at radius 2 is 1.65 bits per heavy atom. The number of rotatable bonds is 6. The van der Waals surface area contributed by atoms with E-state index in [1.807, 2.05) is 19.2 Å². The molecule has 0 aliphatic rings. The fourth-order valence-corrected chi connectivity index (χ4v) is 2.66. The lowest BCUT2D eigenvalue weighted by Crippen LogP contribution is -2.20. The zero-order chi connectivity index (χ0) is 14.4. The molecule has 0 fully saturated rings. The number of nitrogens with one attached hydrogen (secondary N) is 1. The molecule has 2 rings (SSSR count). The van der Waals surface area contributed by atoms with Crippen LogP contribution in [-0.2, 0) is 12.8 Å². The van der Waals surface area contributed by atoms with Gasteiger partial charge in [0.1, 0.15) is 5.75 Å². The molecule has 1 atom stereocenters. The van der Waals surface area contributed by atoms with Gasteiger partial charge in [-0.3, -0.25) is 0 Å². The maximum atomic E-state index is 5.46. The predicted molar refractivity (Wildman–Crippen MR) is 84.3 cm³/mol. The molecule has 0 amide bonds. The fraction of sp³-hybridized carbons (Fsp3) is 0.333. The molecule has 20 heavy (non-hydrogen) atoms. The summed E-state index contributed by atoms with van der Waals surface area (Å²) in [6.45, 7) is 2.20. The highest BCUT2D eigenvalue weighted by Crippen LogP contribution is 2.26. The monoisotopic (exact) mass is 269 g/mol. The first-order chi connectivity index (χ1) is 9.80. The number of ether oxygens (including phenoxy) is 1. The smallest absolute Gasteiger partial charge is 0.122 e. The van der Waals surface area contributed by atoms with Crippen LogP contribution in [-0.4, -0.2) is 14.2 Å². The standard InChI is InChI=1S/C18H23NO/c1-4-14-9-5-7-11-16(14)17(19-2)13-15-10-6-8-12-18(15)20-3/h5-12,17,19H,4,13H2,1-3H3. The number of aryl methyl sites for hydroxylation is 1. The van der Waals surface area contributed by atoms with E-state index in [1.54, 1.807) is 7.11 Å². The molecule has 2 aromatic rings. The zero-order valence-corrected chi connectivity index (χ0v) is 12.5. The summed E-state index contributed by atoms with van der Waals surface area (Å²) >= 11 is 0. The first-order valence-corrected chi connectivity index (χ1v) is 7.17. The third kappa shape index (κ3) is 3.20. The molecule has 0 saturated carbocycles. The molecule has 0 aliphatic heterocycles. The first-order valence-electron chi connectivity index (χ1n) is 7.17. The van der Waals surface area contributed by atoms with Gasteiger partial charge in [0.05, 0.1) is 7.11 Å². The minimum absolute atomic E-state index is 0.308. The third-order valence-electron chi connectivity index (χ3n) is 3.78. The molecular formula is C18H23NO. The van der Waals surface area contributed by atoms with Crippen LogP contribution in [0.3, 0.4) is 0 Å². The fourth-order valence-electron chi connectivity index (χ4n) is 2.66.